The van der Waals surface area contributed by atoms with Gasteiger partial charge in [-0.1, -0.05) is 6.92 Å². The first-order valence-corrected chi connectivity index (χ1v) is 7.14. The topological polar surface area (TPSA) is 34.1 Å². The molecule has 1 heterocycles. The summed E-state index contributed by atoms with van der Waals surface area (Å²) in [6, 6.07) is 3.08. The van der Waals surface area contributed by atoms with Crippen LogP contribution in [0.5, 0.6) is 5.88 Å². The zero-order valence-corrected chi connectivity index (χ0v) is 11.5. The number of aromatic nitrogens is 1. The molecule has 0 aliphatic heterocycles. The number of ether oxygens (including phenoxy) is 1. The zero-order chi connectivity index (χ0) is 14.1. The Morgan fingerprint density at radius 1 is 1.37 bits per heavy atom. The van der Waals surface area contributed by atoms with Gasteiger partial charge in [0.15, 0.2) is 6.61 Å². The van der Waals surface area contributed by atoms with Gasteiger partial charge in [0.1, 0.15) is 0 Å². The molecule has 0 amide bonds. The number of rotatable bonds is 8. The fourth-order valence-electron chi connectivity index (χ4n) is 1.28. The third-order valence-electron chi connectivity index (χ3n) is 2.12. The molecule has 0 aliphatic rings. The Kier molecular flexibility index (Phi) is 6.83. The van der Waals surface area contributed by atoms with Crippen LogP contribution in [0.15, 0.2) is 18.3 Å². The quantitative estimate of drug-likeness (QED) is 0.743. The lowest BCUT2D eigenvalue weighted by molar-refractivity contribution is -0.154. The van der Waals surface area contributed by atoms with Crippen molar-refractivity contribution in [3.8, 4) is 5.88 Å². The van der Waals surface area contributed by atoms with E-state index in [1.165, 1.54) is 12.3 Å². The van der Waals surface area contributed by atoms with Crippen LogP contribution in [0, 0.1) is 0 Å². The highest BCUT2D eigenvalue weighted by Gasteiger charge is 2.28. The van der Waals surface area contributed by atoms with Crippen LogP contribution in [0.1, 0.15) is 13.3 Å². The van der Waals surface area contributed by atoms with Gasteiger partial charge in [-0.25, -0.2) is 4.98 Å². The SMILES string of the molecule is CCSCCCNc1ccc(OCC(F)(F)F)nc1. The molecule has 108 valence electrons. The van der Waals surface area contributed by atoms with E-state index in [0.29, 0.717) is 0 Å². The average Bonchev–Trinajstić information content (AvgIpc) is 2.37. The standard InChI is InChI=1S/C12H17F3N2OS/c1-2-19-7-3-6-16-10-4-5-11(17-8-10)18-9-12(13,14)15/h4-5,8,16H,2-3,6-7,9H2,1H3. The molecule has 19 heavy (non-hydrogen) atoms. The monoisotopic (exact) mass is 294 g/mol. The first-order valence-electron chi connectivity index (χ1n) is 5.98. The molecular formula is C12H17F3N2OS. The van der Waals surface area contributed by atoms with E-state index in [9.17, 15) is 13.2 Å². The molecule has 1 rings (SSSR count). The smallest absolute Gasteiger partial charge is 0.422 e. The Labute approximate surface area is 114 Å². The number of nitrogens with zero attached hydrogens (tertiary/aromatic N) is 1. The maximum absolute atomic E-state index is 11.9. The Balaban J connectivity index is 2.27. The molecule has 0 unspecified atom stereocenters. The fourth-order valence-corrected chi connectivity index (χ4v) is 1.91. The molecule has 0 spiro atoms. The maximum atomic E-state index is 11.9. The van der Waals surface area contributed by atoms with Crippen molar-refractivity contribution >= 4 is 17.4 Å². The lowest BCUT2D eigenvalue weighted by Gasteiger charge is -2.09. The van der Waals surface area contributed by atoms with Crippen LogP contribution in [0.3, 0.4) is 0 Å². The number of halogens is 3. The van der Waals surface area contributed by atoms with Crippen LogP contribution in [0.25, 0.3) is 0 Å². The second-order valence-corrected chi connectivity index (χ2v) is 5.16. The highest BCUT2D eigenvalue weighted by atomic mass is 32.2. The minimum atomic E-state index is -4.34. The van der Waals surface area contributed by atoms with Crippen molar-refractivity contribution in [2.45, 2.75) is 19.5 Å². The molecule has 0 bridgehead atoms. The van der Waals surface area contributed by atoms with Crippen molar-refractivity contribution in [2.24, 2.45) is 0 Å². The van der Waals surface area contributed by atoms with Crippen molar-refractivity contribution in [3.05, 3.63) is 18.3 Å². The van der Waals surface area contributed by atoms with E-state index in [4.69, 9.17) is 0 Å². The summed E-state index contributed by atoms with van der Waals surface area (Å²) in [5, 5.41) is 3.15. The van der Waals surface area contributed by atoms with Gasteiger partial charge in [0.2, 0.25) is 5.88 Å². The van der Waals surface area contributed by atoms with Gasteiger partial charge in [-0.05, 0) is 24.0 Å². The summed E-state index contributed by atoms with van der Waals surface area (Å²) < 4.78 is 40.3. The fraction of sp³-hybridized carbons (Fsp3) is 0.583. The Morgan fingerprint density at radius 2 is 2.16 bits per heavy atom. The van der Waals surface area contributed by atoms with Crippen LogP contribution in [-0.4, -0.2) is 35.8 Å². The molecule has 0 aromatic carbocycles. The third-order valence-corrected chi connectivity index (χ3v) is 3.10. The second kappa shape index (κ2) is 8.14. The highest BCUT2D eigenvalue weighted by molar-refractivity contribution is 7.99. The van der Waals surface area contributed by atoms with Crippen LogP contribution in [0.2, 0.25) is 0 Å². The molecular weight excluding hydrogens is 277 g/mol. The lowest BCUT2D eigenvalue weighted by Crippen LogP contribution is -2.19. The van der Waals surface area contributed by atoms with Crippen LogP contribution in [0.4, 0.5) is 18.9 Å². The molecule has 3 nitrogen and oxygen atoms in total. The predicted molar refractivity (Wildman–Crippen MR) is 71.9 cm³/mol. The van der Waals surface area contributed by atoms with E-state index in [2.05, 4.69) is 22.0 Å². The lowest BCUT2D eigenvalue weighted by atomic mass is 10.4. The molecule has 0 saturated heterocycles. The molecule has 0 aliphatic carbocycles. The van der Waals surface area contributed by atoms with Gasteiger partial charge in [0.05, 0.1) is 11.9 Å². The van der Waals surface area contributed by atoms with Crippen LogP contribution >= 0.6 is 11.8 Å². The molecule has 1 aromatic heterocycles. The van der Waals surface area contributed by atoms with Crippen molar-refractivity contribution in [1.29, 1.82) is 0 Å². The van der Waals surface area contributed by atoms with Crippen molar-refractivity contribution < 1.29 is 17.9 Å². The van der Waals surface area contributed by atoms with E-state index < -0.39 is 12.8 Å². The van der Waals surface area contributed by atoms with Gasteiger partial charge < -0.3 is 10.1 Å². The summed E-state index contributed by atoms with van der Waals surface area (Å²) in [5.74, 6) is 2.17. The zero-order valence-electron chi connectivity index (χ0n) is 10.7. The number of hydrogen-bond donors (Lipinski definition) is 1. The van der Waals surface area contributed by atoms with Crippen molar-refractivity contribution in [3.63, 3.8) is 0 Å². The Morgan fingerprint density at radius 3 is 2.74 bits per heavy atom. The summed E-state index contributed by atoms with van der Waals surface area (Å²) in [7, 11) is 0. The first kappa shape index (κ1) is 15.9. The number of anilines is 1. The minimum absolute atomic E-state index is 0.0237. The van der Waals surface area contributed by atoms with Gasteiger partial charge in [0.25, 0.3) is 0 Å². The number of nitrogens with one attached hydrogen (secondary N) is 1. The van der Waals surface area contributed by atoms with Gasteiger partial charge in [-0.2, -0.15) is 24.9 Å². The summed E-state index contributed by atoms with van der Waals surface area (Å²) in [6.45, 7) is 1.61. The Bertz CT molecular complexity index is 357. The molecule has 0 saturated carbocycles. The van der Waals surface area contributed by atoms with E-state index in [1.54, 1.807) is 6.07 Å². The second-order valence-electron chi connectivity index (χ2n) is 3.77. The van der Waals surface area contributed by atoms with Crippen LogP contribution in [-0.2, 0) is 0 Å². The molecule has 1 N–H and O–H groups in total. The first-order chi connectivity index (χ1) is 9.01. The third kappa shape index (κ3) is 7.81. The largest absolute Gasteiger partial charge is 0.468 e. The maximum Gasteiger partial charge on any atom is 0.422 e. The normalized spacial score (nSPS) is 11.4. The van der Waals surface area contributed by atoms with E-state index >= 15 is 0 Å². The number of alkyl halides is 3. The molecule has 7 heteroatoms. The van der Waals surface area contributed by atoms with Crippen molar-refractivity contribution in [1.82, 2.24) is 4.98 Å². The summed E-state index contributed by atoms with van der Waals surface area (Å²) in [4.78, 5) is 3.81. The summed E-state index contributed by atoms with van der Waals surface area (Å²) in [6.07, 6.45) is -1.83. The summed E-state index contributed by atoms with van der Waals surface area (Å²) in [5.41, 5.74) is 0.779. The highest BCUT2D eigenvalue weighted by Crippen LogP contribution is 2.18. The van der Waals surface area contributed by atoms with Gasteiger partial charge in [0, 0.05) is 12.6 Å². The predicted octanol–water partition coefficient (Wildman–Crippen LogP) is 3.58. The van der Waals surface area contributed by atoms with E-state index in [-0.39, 0.29) is 5.88 Å². The number of hydrogen-bond acceptors (Lipinski definition) is 4. The van der Waals surface area contributed by atoms with Gasteiger partial charge >= 0.3 is 6.18 Å². The van der Waals surface area contributed by atoms with Gasteiger partial charge in [-0.3, -0.25) is 0 Å². The van der Waals surface area contributed by atoms with Crippen LogP contribution < -0.4 is 10.1 Å². The minimum Gasteiger partial charge on any atom is -0.468 e. The molecule has 0 radical (unpaired) electrons. The molecule has 1 aromatic rings. The average molecular weight is 294 g/mol. The molecule has 0 fully saturated rings. The van der Waals surface area contributed by atoms with E-state index in [1.807, 2.05) is 11.8 Å². The summed E-state index contributed by atoms with van der Waals surface area (Å²) >= 11 is 1.87. The van der Waals surface area contributed by atoms with Crippen molar-refractivity contribution in [2.75, 3.05) is 30.0 Å². The van der Waals surface area contributed by atoms with Gasteiger partial charge in [-0.15, -0.1) is 0 Å². The number of thioether (sulfide) groups is 1. The Hall–Kier alpha value is -1.11. The number of pyridine rings is 1. The van der Waals surface area contributed by atoms with E-state index in [0.717, 1.165) is 30.2 Å². The molecule has 0 atom stereocenters.